The summed E-state index contributed by atoms with van der Waals surface area (Å²) in [5.41, 5.74) is 1.67. The monoisotopic (exact) mass is 347 g/mol. The molecule has 0 aliphatic carbocycles. The molecule has 3 rings (SSSR count). The molecule has 0 aliphatic rings. The summed E-state index contributed by atoms with van der Waals surface area (Å²) in [5.74, 6) is 0.673. The van der Waals surface area contributed by atoms with E-state index in [9.17, 15) is 4.79 Å². The van der Waals surface area contributed by atoms with Crippen LogP contribution in [-0.4, -0.2) is 16.0 Å². The second kappa shape index (κ2) is 6.40. The Kier molecular flexibility index (Phi) is 4.32. The highest BCUT2D eigenvalue weighted by Gasteiger charge is 2.11. The van der Waals surface area contributed by atoms with Crippen molar-refractivity contribution in [2.45, 2.75) is 6.92 Å². The summed E-state index contributed by atoms with van der Waals surface area (Å²) in [6, 6.07) is 11.7. The third-order valence-electron chi connectivity index (χ3n) is 3.10. The Morgan fingerprint density at radius 2 is 1.87 bits per heavy atom. The van der Waals surface area contributed by atoms with E-state index in [-0.39, 0.29) is 5.91 Å². The van der Waals surface area contributed by atoms with Crippen molar-refractivity contribution in [1.29, 1.82) is 0 Å². The number of rotatable bonds is 3. The van der Waals surface area contributed by atoms with Gasteiger partial charge in [-0.2, -0.15) is 4.98 Å². The van der Waals surface area contributed by atoms with Crippen molar-refractivity contribution < 1.29 is 9.32 Å². The fourth-order valence-corrected chi connectivity index (χ4v) is 2.30. The molecule has 116 valence electrons. The molecule has 7 heteroatoms. The van der Waals surface area contributed by atoms with E-state index in [1.165, 1.54) is 0 Å². The number of hydrogen-bond acceptors (Lipinski definition) is 4. The summed E-state index contributed by atoms with van der Waals surface area (Å²) in [6.45, 7) is 1.74. The Hall–Kier alpha value is -2.37. The van der Waals surface area contributed by atoms with Gasteiger partial charge in [0.1, 0.15) is 0 Å². The van der Waals surface area contributed by atoms with Gasteiger partial charge in [0, 0.05) is 16.1 Å². The van der Waals surface area contributed by atoms with Crippen LogP contribution < -0.4 is 5.32 Å². The number of carbonyl (C=O) groups is 1. The maximum absolute atomic E-state index is 12.3. The van der Waals surface area contributed by atoms with Crippen molar-refractivity contribution in [2.24, 2.45) is 0 Å². The number of anilines is 1. The first-order valence-electron chi connectivity index (χ1n) is 6.70. The molecule has 0 aliphatic heterocycles. The van der Waals surface area contributed by atoms with Gasteiger partial charge in [-0.05, 0) is 49.4 Å². The van der Waals surface area contributed by atoms with Crippen LogP contribution in [-0.2, 0) is 0 Å². The van der Waals surface area contributed by atoms with E-state index in [0.29, 0.717) is 33.0 Å². The molecule has 1 heterocycles. The van der Waals surface area contributed by atoms with Crippen molar-refractivity contribution >= 4 is 34.8 Å². The molecule has 23 heavy (non-hydrogen) atoms. The number of nitrogens with one attached hydrogen (secondary N) is 1. The summed E-state index contributed by atoms with van der Waals surface area (Å²) < 4.78 is 5.08. The van der Waals surface area contributed by atoms with Gasteiger partial charge in [0.15, 0.2) is 5.82 Å². The van der Waals surface area contributed by atoms with Crippen molar-refractivity contribution in [3.63, 3.8) is 0 Å². The van der Waals surface area contributed by atoms with Gasteiger partial charge in [0.25, 0.3) is 11.8 Å². The molecule has 1 amide bonds. The minimum atomic E-state index is -0.289. The van der Waals surface area contributed by atoms with Gasteiger partial charge in [0.05, 0.1) is 10.7 Å². The van der Waals surface area contributed by atoms with Gasteiger partial charge in [-0.15, -0.1) is 0 Å². The first-order valence-corrected chi connectivity index (χ1v) is 7.45. The Balaban J connectivity index is 1.79. The smallest absolute Gasteiger partial charge is 0.257 e. The highest BCUT2D eigenvalue weighted by atomic mass is 35.5. The average Bonchev–Trinajstić information content (AvgIpc) is 2.97. The van der Waals surface area contributed by atoms with Gasteiger partial charge in [-0.3, -0.25) is 4.79 Å². The molecule has 0 fully saturated rings. The van der Waals surface area contributed by atoms with Crippen molar-refractivity contribution in [1.82, 2.24) is 10.1 Å². The van der Waals surface area contributed by atoms with Crippen molar-refractivity contribution in [2.75, 3.05) is 5.32 Å². The molecular weight excluding hydrogens is 337 g/mol. The molecule has 0 saturated carbocycles. The fourth-order valence-electron chi connectivity index (χ4n) is 1.97. The van der Waals surface area contributed by atoms with E-state index < -0.39 is 0 Å². The first-order chi connectivity index (χ1) is 11.0. The Morgan fingerprint density at radius 3 is 2.52 bits per heavy atom. The number of halogens is 2. The molecule has 0 radical (unpaired) electrons. The summed E-state index contributed by atoms with van der Waals surface area (Å²) in [7, 11) is 0. The summed E-state index contributed by atoms with van der Waals surface area (Å²) >= 11 is 11.9. The van der Waals surface area contributed by atoms with E-state index in [1.54, 1.807) is 49.4 Å². The van der Waals surface area contributed by atoms with E-state index in [1.807, 2.05) is 0 Å². The summed E-state index contributed by atoms with van der Waals surface area (Å²) in [5, 5.41) is 7.37. The zero-order valence-corrected chi connectivity index (χ0v) is 13.5. The van der Waals surface area contributed by atoms with E-state index in [2.05, 4.69) is 15.5 Å². The number of hydrogen-bond donors (Lipinski definition) is 1. The molecule has 1 N–H and O–H groups in total. The molecule has 5 nitrogen and oxygen atoms in total. The molecule has 0 unspecified atom stereocenters. The van der Waals surface area contributed by atoms with Gasteiger partial charge < -0.3 is 9.84 Å². The van der Waals surface area contributed by atoms with E-state index in [4.69, 9.17) is 27.7 Å². The van der Waals surface area contributed by atoms with Crippen LogP contribution in [0.2, 0.25) is 10.0 Å². The van der Waals surface area contributed by atoms with Crippen LogP contribution >= 0.6 is 23.2 Å². The third kappa shape index (κ3) is 3.52. The zero-order chi connectivity index (χ0) is 16.4. The number of benzene rings is 2. The maximum Gasteiger partial charge on any atom is 0.257 e. The Labute approximate surface area is 142 Å². The minimum Gasteiger partial charge on any atom is -0.334 e. The van der Waals surface area contributed by atoms with Gasteiger partial charge in [-0.1, -0.05) is 28.4 Å². The highest BCUT2D eigenvalue weighted by Crippen LogP contribution is 2.26. The van der Waals surface area contributed by atoms with Crippen molar-refractivity contribution in [3.05, 3.63) is 63.9 Å². The summed E-state index contributed by atoms with van der Waals surface area (Å²) in [6.07, 6.45) is 0. The molecule has 0 saturated heterocycles. The lowest BCUT2D eigenvalue weighted by molar-refractivity contribution is 0.102. The molecule has 0 atom stereocenters. The molecule has 1 aromatic heterocycles. The Morgan fingerprint density at radius 1 is 1.13 bits per heavy atom. The number of aryl methyl sites for hydroxylation is 1. The van der Waals surface area contributed by atoms with Crippen LogP contribution in [0.5, 0.6) is 0 Å². The van der Waals surface area contributed by atoms with Crippen LogP contribution in [0.1, 0.15) is 16.2 Å². The van der Waals surface area contributed by atoms with Crippen LogP contribution in [0.4, 0.5) is 5.69 Å². The lowest BCUT2D eigenvalue weighted by atomic mass is 10.1. The van der Waals surface area contributed by atoms with Crippen LogP contribution in [0.15, 0.2) is 47.0 Å². The molecule has 0 spiro atoms. The molecular formula is C16H11Cl2N3O2. The van der Waals surface area contributed by atoms with Crippen LogP contribution in [0.25, 0.3) is 11.5 Å². The maximum atomic E-state index is 12.3. The second-order valence-electron chi connectivity index (χ2n) is 4.80. The first kappa shape index (κ1) is 15.5. The number of amides is 1. The lowest BCUT2D eigenvalue weighted by Gasteiger charge is -2.08. The highest BCUT2D eigenvalue weighted by molar-refractivity contribution is 6.35. The van der Waals surface area contributed by atoms with Crippen molar-refractivity contribution in [3.8, 4) is 11.5 Å². The average molecular weight is 348 g/mol. The van der Waals surface area contributed by atoms with Gasteiger partial charge >= 0.3 is 0 Å². The largest absolute Gasteiger partial charge is 0.334 e. The minimum absolute atomic E-state index is 0.289. The standard InChI is InChI=1S/C16H11Cl2N3O2/c1-9-19-16(23-21-9)11-4-2-10(3-5-11)15(22)20-14-8-12(17)6-7-13(14)18/h2-8H,1H3,(H,20,22). The predicted molar refractivity (Wildman–Crippen MR) is 88.9 cm³/mol. The zero-order valence-electron chi connectivity index (χ0n) is 12.0. The number of nitrogens with zero attached hydrogens (tertiary/aromatic N) is 2. The van der Waals surface area contributed by atoms with Crippen LogP contribution in [0, 0.1) is 6.92 Å². The third-order valence-corrected chi connectivity index (χ3v) is 3.66. The molecule has 2 aromatic carbocycles. The normalized spacial score (nSPS) is 10.6. The molecule has 0 bridgehead atoms. The second-order valence-corrected chi connectivity index (χ2v) is 5.65. The van der Waals surface area contributed by atoms with E-state index in [0.717, 1.165) is 5.56 Å². The summed E-state index contributed by atoms with van der Waals surface area (Å²) in [4.78, 5) is 16.4. The van der Waals surface area contributed by atoms with Gasteiger partial charge in [-0.25, -0.2) is 0 Å². The Bertz CT molecular complexity index is 860. The molecule has 3 aromatic rings. The predicted octanol–water partition coefficient (Wildman–Crippen LogP) is 4.60. The lowest BCUT2D eigenvalue weighted by Crippen LogP contribution is -2.12. The van der Waals surface area contributed by atoms with Crippen LogP contribution in [0.3, 0.4) is 0 Å². The quantitative estimate of drug-likeness (QED) is 0.751. The topological polar surface area (TPSA) is 68.0 Å². The number of carbonyl (C=O) groups excluding carboxylic acids is 1. The van der Waals surface area contributed by atoms with E-state index >= 15 is 0 Å². The van der Waals surface area contributed by atoms with Gasteiger partial charge in [0.2, 0.25) is 0 Å². The fraction of sp³-hybridized carbons (Fsp3) is 0.0625. The SMILES string of the molecule is Cc1noc(-c2ccc(C(=O)Nc3cc(Cl)ccc3Cl)cc2)n1. The number of aromatic nitrogens is 2.